The second-order valence-electron chi connectivity index (χ2n) is 15.9. The lowest BCUT2D eigenvalue weighted by molar-refractivity contribution is -0.0304. The predicted octanol–water partition coefficient (Wildman–Crippen LogP) is 6.47. The number of ether oxygens (including phenoxy) is 16. The van der Waals surface area contributed by atoms with E-state index >= 15 is 0 Å². The molecule has 0 amide bonds. The van der Waals surface area contributed by atoms with E-state index in [4.69, 9.17) is 81.5 Å². The zero-order valence-corrected chi connectivity index (χ0v) is 42.8. The fourth-order valence-corrected chi connectivity index (χ4v) is 6.24. The third-order valence-corrected chi connectivity index (χ3v) is 9.98. The Morgan fingerprint density at radius 1 is 0.164 bits per heavy atom. The minimum atomic E-state index is 0.503. The highest BCUT2D eigenvalue weighted by atomic mass is 16.6. The van der Waals surface area contributed by atoms with E-state index in [-0.39, 0.29) is 0 Å². The summed E-state index contributed by atoms with van der Waals surface area (Å²) in [5.74, 6) is 0. The first-order valence-electron chi connectivity index (χ1n) is 26.4. The van der Waals surface area contributed by atoms with Gasteiger partial charge in [0.05, 0.1) is 205 Å². The van der Waals surface area contributed by atoms with Gasteiger partial charge in [-0.1, -0.05) is 103 Å². The van der Waals surface area contributed by atoms with Gasteiger partial charge in [0, 0.05) is 13.2 Å². The zero-order chi connectivity index (χ0) is 48.0. The van der Waals surface area contributed by atoms with Crippen molar-refractivity contribution >= 4 is 0 Å². The van der Waals surface area contributed by atoms with Gasteiger partial charge in [-0.05, 0) is 6.42 Å². The molecule has 0 saturated carbocycles. The van der Waals surface area contributed by atoms with Crippen LogP contribution in [-0.2, 0) is 75.8 Å². The Labute approximate surface area is 408 Å². The van der Waals surface area contributed by atoms with E-state index in [2.05, 4.69) is 6.92 Å². The van der Waals surface area contributed by atoms with Crippen LogP contribution >= 0.6 is 0 Å². The van der Waals surface area contributed by atoms with Gasteiger partial charge in [0.15, 0.2) is 0 Å². The van der Waals surface area contributed by atoms with Crippen LogP contribution in [0.2, 0.25) is 0 Å². The first kappa shape index (κ1) is 66.3. The van der Waals surface area contributed by atoms with Gasteiger partial charge < -0.3 is 81.5 Å². The van der Waals surface area contributed by atoms with Crippen LogP contribution in [0.1, 0.15) is 110 Å². The van der Waals surface area contributed by atoms with Crippen LogP contribution in [0.15, 0.2) is 0 Å². The quantitative estimate of drug-likeness (QED) is 0.0657. The Balaban J connectivity index is 3.07. The van der Waals surface area contributed by atoms with Gasteiger partial charge >= 0.3 is 0 Å². The molecule has 404 valence electrons. The summed E-state index contributed by atoms with van der Waals surface area (Å²) in [6.07, 6.45) is 22.1. The average molecular weight is 974 g/mol. The molecule has 0 atom stereocenters. The third-order valence-electron chi connectivity index (χ3n) is 9.98. The van der Waals surface area contributed by atoms with Crippen molar-refractivity contribution in [2.75, 3.05) is 218 Å². The maximum Gasteiger partial charge on any atom is 0.0701 e. The number of hydrogen-bond acceptors (Lipinski definition) is 17. The van der Waals surface area contributed by atoms with Crippen LogP contribution in [0.5, 0.6) is 0 Å². The number of hydrogen-bond donors (Lipinski definition) is 1. The van der Waals surface area contributed by atoms with Crippen LogP contribution < -0.4 is 5.73 Å². The predicted molar refractivity (Wildman–Crippen MR) is 262 cm³/mol. The molecule has 0 aliphatic carbocycles. The van der Waals surface area contributed by atoms with Gasteiger partial charge in [-0.3, -0.25) is 0 Å². The number of unbranched alkanes of at least 4 members (excludes halogenated alkanes) is 15. The number of nitrogens with two attached hydrogens (primary N) is 1. The minimum Gasteiger partial charge on any atom is -0.379 e. The highest BCUT2D eigenvalue weighted by Gasteiger charge is 1.99. The molecular weight excluding hydrogens is 871 g/mol. The first-order chi connectivity index (χ1) is 33.4. The van der Waals surface area contributed by atoms with Crippen LogP contribution in [0.4, 0.5) is 0 Å². The van der Waals surface area contributed by atoms with E-state index in [1.54, 1.807) is 0 Å². The molecular formula is C50H103NO16. The van der Waals surface area contributed by atoms with Gasteiger partial charge in [0.1, 0.15) is 0 Å². The topological polar surface area (TPSA) is 174 Å². The molecule has 0 heterocycles. The fourth-order valence-electron chi connectivity index (χ4n) is 6.24. The second-order valence-corrected chi connectivity index (χ2v) is 15.9. The second kappa shape index (κ2) is 65.3. The van der Waals surface area contributed by atoms with Crippen molar-refractivity contribution in [1.29, 1.82) is 0 Å². The Kier molecular flexibility index (Phi) is 64.7. The van der Waals surface area contributed by atoms with E-state index in [1.165, 1.54) is 96.3 Å². The van der Waals surface area contributed by atoms with E-state index < -0.39 is 0 Å². The lowest BCUT2D eigenvalue weighted by atomic mass is 10.0. The van der Waals surface area contributed by atoms with Crippen LogP contribution in [0.3, 0.4) is 0 Å². The summed E-state index contributed by atoms with van der Waals surface area (Å²) in [6, 6.07) is 0. The molecule has 0 aromatic rings. The zero-order valence-electron chi connectivity index (χ0n) is 42.8. The Hall–Kier alpha value is -0.680. The summed E-state index contributed by atoms with van der Waals surface area (Å²) >= 11 is 0. The molecule has 0 fully saturated rings. The molecule has 17 nitrogen and oxygen atoms in total. The monoisotopic (exact) mass is 974 g/mol. The van der Waals surface area contributed by atoms with Gasteiger partial charge in [0.25, 0.3) is 0 Å². The first-order valence-corrected chi connectivity index (χ1v) is 26.4. The SMILES string of the molecule is CCCCCCCCCCCCCCCCCCOCCOCCOCCOCCOCCOCCOCCOCCOCCOCCOCCOCCOCCOCCOCCOCCN. The molecule has 0 spiro atoms. The molecule has 0 aromatic heterocycles. The number of rotatable bonds is 64. The van der Waals surface area contributed by atoms with Gasteiger partial charge in [-0.15, -0.1) is 0 Å². The van der Waals surface area contributed by atoms with E-state index in [9.17, 15) is 0 Å². The van der Waals surface area contributed by atoms with Crippen LogP contribution in [0.25, 0.3) is 0 Å². The maximum absolute atomic E-state index is 5.70. The summed E-state index contributed by atoms with van der Waals surface area (Å²) in [4.78, 5) is 0. The maximum atomic E-state index is 5.70. The molecule has 0 bridgehead atoms. The Bertz CT molecular complexity index is 779. The van der Waals surface area contributed by atoms with Crippen molar-refractivity contribution in [2.24, 2.45) is 5.73 Å². The fraction of sp³-hybridized carbons (Fsp3) is 1.00. The molecule has 0 rings (SSSR count). The molecule has 0 aliphatic rings. The summed E-state index contributed by atoms with van der Waals surface area (Å²) in [5, 5.41) is 0. The molecule has 0 saturated heterocycles. The highest BCUT2D eigenvalue weighted by Crippen LogP contribution is 2.13. The van der Waals surface area contributed by atoms with Crippen molar-refractivity contribution in [3.63, 3.8) is 0 Å². The van der Waals surface area contributed by atoms with Crippen molar-refractivity contribution in [1.82, 2.24) is 0 Å². The molecule has 67 heavy (non-hydrogen) atoms. The van der Waals surface area contributed by atoms with Gasteiger partial charge in [0.2, 0.25) is 0 Å². The van der Waals surface area contributed by atoms with Crippen molar-refractivity contribution < 1.29 is 75.8 Å². The molecule has 0 aromatic carbocycles. The standard InChI is InChI=1S/C50H103NO16/c1-2-3-4-5-6-7-8-9-10-11-12-13-14-15-16-17-19-52-21-23-54-25-27-56-29-31-58-33-35-60-37-39-62-41-43-64-45-47-66-49-50-67-48-46-65-44-42-63-40-38-61-36-34-59-32-30-57-28-26-55-24-22-53-20-18-51/h2-51H2,1H3. The summed E-state index contributed by atoms with van der Waals surface area (Å²) < 4.78 is 88.0. The van der Waals surface area contributed by atoms with Crippen LogP contribution in [0, 0.1) is 0 Å². The van der Waals surface area contributed by atoms with Crippen molar-refractivity contribution in [2.45, 2.75) is 110 Å². The lowest BCUT2D eigenvalue weighted by Crippen LogP contribution is -2.16. The van der Waals surface area contributed by atoms with Crippen LogP contribution in [-0.4, -0.2) is 218 Å². The Morgan fingerprint density at radius 3 is 0.463 bits per heavy atom. The molecule has 0 unspecified atom stereocenters. The van der Waals surface area contributed by atoms with Crippen molar-refractivity contribution in [3.05, 3.63) is 0 Å². The summed E-state index contributed by atoms with van der Waals surface area (Å²) in [5.41, 5.74) is 5.34. The largest absolute Gasteiger partial charge is 0.379 e. The smallest absolute Gasteiger partial charge is 0.0701 e. The summed E-state index contributed by atoms with van der Waals surface area (Å²) in [6.45, 7) is 20.0. The van der Waals surface area contributed by atoms with E-state index in [0.29, 0.717) is 211 Å². The van der Waals surface area contributed by atoms with Gasteiger partial charge in [-0.25, -0.2) is 0 Å². The Morgan fingerprint density at radius 2 is 0.299 bits per heavy atom. The third kappa shape index (κ3) is 65.3. The van der Waals surface area contributed by atoms with E-state index in [0.717, 1.165) is 13.0 Å². The minimum absolute atomic E-state index is 0.503. The average Bonchev–Trinajstić information content (AvgIpc) is 3.34. The van der Waals surface area contributed by atoms with E-state index in [1.807, 2.05) is 0 Å². The highest BCUT2D eigenvalue weighted by molar-refractivity contribution is 4.50. The molecule has 0 aliphatic heterocycles. The van der Waals surface area contributed by atoms with Gasteiger partial charge in [-0.2, -0.15) is 0 Å². The molecule has 17 heteroatoms. The normalized spacial score (nSPS) is 11.7. The van der Waals surface area contributed by atoms with Crippen molar-refractivity contribution in [3.8, 4) is 0 Å². The molecule has 2 N–H and O–H groups in total. The lowest BCUT2D eigenvalue weighted by Gasteiger charge is -2.09. The molecule has 0 radical (unpaired) electrons. The summed E-state index contributed by atoms with van der Waals surface area (Å²) in [7, 11) is 0.